The smallest absolute Gasteiger partial charge is 0.273 e. The lowest BCUT2D eigenvalue weighted by molar-refractivity contribution is 0.0228. The van der Waals surface area contributed by atoms with Gasteiger partial charge in [-0.05, 0) is 37.8 Å². The van der Waals surface area contributed by atoms with E-state index in [1.165, 1.54) is 18.4 Å². The minimum absolute atomic E-state index is 0.180. The number of carbonyl (C=O) groups excluding carboxylic acids is 1. The first-order valence-electron chi connectivity index (χ1n) is 7.49. The lowest BCUT2D eigenvalue weighted by atomic mass is 9.76. The maximum Gasteiger partial charge on any atom is 0.273 e. The molecule has 122 valence electrons. The summed E-state index contributed by atoms with van der Waals surface area (Å²) in [5.41, 5.74) is 1.46. The molecule has 1 atom stereocenters. The second kappa shape index (κ2) is 6.64. The van der Waals surface area contributed by atoms with Gasteiger partial charge in [-0.25, -0.2) is 4.98 Å². The second-order valence-electron chi connectivity index (χ2n) is 5.69. The Morgan fingerprint density at radius 2 is 2.26 bits per heavy atom. The fourth-order valence-electron chi connectivity index (χ4n) is 2.77. The normalized spacial score (nSPS) is 21.3. The van der Waals surface area contributed by atoms with Crippen molar-refractivity contribution in [3.05, 3.63) is 40.7 Å². The third-order valence-corrected chi connectivity index (χ3v) is 5.19. The Bertz CT molecular complexity index is 683. The summed E-state index contributed by atoms with van der Waals surface area (Å²) in [6.45, 7) is 1.79. The standard InChI is InChI=1S/C16H19N3O3S/c1-9-14(23-16(18-9)22-2)15(21)19-13(10-7-11(20)8-10)12-5-3-4-6-17-12/h3-6,10-11,13,20H,7-8H2,1-2H3,(H,19,21). The summed E-state index contributed by atoms with van der Waals surface area (Å²) in [6, 6.07) is 5.43. The van der Waals surface area contributed by atoms with Gasteiger partial charge in [0.05, 0.1) is 30.6 Å². The van der Waals surface area contributed by atoms with E-state index in [1.54, 1.807) is 13.1 Å². The molecule has 2 N–H and O–H groups in total. The molecule has 1 fully saturated rings. The van der Waals surface area contributed by atoms with Crippen molar-refractivity contribution in [1.82, 2.24) is 15.3 Å². The van der Waals surface area contributed by atoms with E-state index < -0.39 is 0 Å². The van der Waals surface area contributed by atoms with E-state index in [0.29, 0.717) is 28.6 Å². The van der Waals surface area contributed by atoms with Crippen LogP contribution in [-0.4, -0.2) is 34.2 Å². The number of pyridine rings is 1. The zero-order valence-corrected chi connectivity index (χ0v) is 13.8. The van der Waals surface area contributed by atoms with E-state index in [4.69, 9.17) is 4.74 Å². The molecule has 0 aliphatic heterocycles. The molecule has 0 radical (unpaired) electrons. The highest BCUT2D eigenvalue weighted by molar-refractivity contribution is 7.15. The summed E-state index contributed by atoms with van der Waals surface area (Å²) in [5, 5.41) is 13.1. The SMILES string of the molecule is COc1nc(C)c(C(=O)NC(c2ccccn2)C2CC(O)C2)s1. The summed E-state index contributed by atoms with van der Waals surface area (Å²) < 4.78 is 5.09. The molecule has 7 heteroatoms. The van der Waals surface area contributed by atoms with E-state index in [9.17, 15) is 9.90 Å². The number of rotatable bonds is 5. The Morgan fingerprint density at radius 3 is 2.83 bits per heavy atom. The van der Waals surface area contributed by atoms with Crippen molar-refractivity contribution in [2.24, 2.45) is 5.92 Å². The average Bonchev–Trinajstić information content (AvgIpc) is 2.92. The Balaban J connectivity index is 1.80. The molecule has 2 aromatic heterocycles. The van der Waals surface area contributed by atoms with Gasteiger partial charge in [0.25, 0.3) is 11.1 Å². The molecule has 1 amide bonds. The van der Waals surface area contributed by atoms with Gasteiger partial charge in [0, 0.05) is 6.20 Å². The van der Waals surface area contributed by atoms with E-state index in [-0.39, 0.29) is 24.0 Å². The molecular weight excluding hydrogens is 314 g/mol. The predicted octanol–water partition coefficient (Wildman–Crippen LogP) is 2.10. The van der Waals surface area contributed by atoms with Crippen molar-refractivity contribution >= 4 is 17.2 Å². The van der Waals surface area contributed by atoms with Gasteiger partial charge in [-0.2, -0.15) is 0 Å². The average molecular weight is 333 g/mol. The maximum absolute atomic E-state index is 12.6. The first-order chi connectivity index (χ1) is 11.1. The van der Waals surface area contributed by atoms with E-state index in [2.05, 4.69) is 15.3 Å². The molecule has 23 heavy (non-hydrogen) atoms. The second-order valence-corrected chi connectivity index (χ2v) is 6.65. The Kier molecular flexibility index (Phi) is 4.58. The van der Waals surface area contributed by atoms with Crippen LogP contribution in [-0.2, 0) is 0 Å². The number of aromatic nitrogens is 2. The zero-order valence-electron chi connectivity index (χ0n) is 13.0. The topological polar surface area (TPSA) is 84.3 Å². The van der Waals surface area contributed by atoms with Crippen LogP contribution >= 0.6 is 11.3 Å². The first kappa shape index (κ1) is 15.9. The minimum atomic E-state index is -0.284. The molecule has 6 nitrogen and oxygen atoms in total. The van der Waals surface area contributed by atoms with Gasteiger partial charge in [0.2, 0.25) is 0 Å². The van der Waals surface area contributed by atoms with Crippen LogP contribution in [0.5, 0.6) is 5.19 Å². The molecule has 1 unspecified atom stereocenters. The predicted molar refractivity (Wildman–Crippen MR) is 86.6 cm³/mol. The molecule has 3 rings (SSSR count). The van der Waals surface area contributed by atoms with E-state index in [1.807, 2.05) is 18.2 Å². The number of aliphatic hydroxyl groups is 1. The number of nitrogens with one attached hydrogen (secondary N) is 1. The number of hydrogen-bond acceptors (Lipinski definition) is 6. The summed E-state index contributed by atoms with van der Waals surface area (Å²) in [5.74, 6) is 0.0133. The van der Waals surface area contributed by atoms with Gasteiger partial charge >= 0.3 is 0 Å². The van der Waals surface area contributed by atoms with Crippen LogP contribution in [0.2, 0.25) is 0 Å². The fourth-order valence-corrected chi connectivity index (χ4v) is 3.56. The van der Waals surface area contributed by atoms with E-state index >= 15 is 0 Å². The largest absolute Gasteiger partial charge is 0.473 e. The highest BCUT2D eigenvalue weighted by atomic mass is 32.1. The Labute approximate surface area is 138 Å². The third kappa shape index (κ3) is 3.35. The van der Waals surface area contributed by atoms with E-state index in [0.717, 1.165) is 5.69 Å². The maximum atomic E-state index is 12.6. The molecule has 0 bridgehead atoms. The molecule has 1 saturated carbocycles. The highest BCUT2D eigenvalue weighted by Crippen LogP contribution is 2.38. The number of thiazole rings is 1. The number of nitrogens with zero attached hydrogens (tertiary/aromatic N) is 2. The van der Waals surface area contributed by atoms with Crippen LogP contribution in [0.3, 0.4) is 0 Å². The molecule has 1 aliphatic rings. The minimum Gasteiger partial charge on any atom is -0.473 e. The quantitative estimate of drug-likeness (QED) is 0.875. The van der Waals surface area contributed by atoms with Gasteiger partial charge in [-0.1, -0.05) is 17.4 Å². The summed E-state index contributed by atoms with van der Waals surface area (Å²) in [4.78, 5) is 21.7. The van der Waals surface area contributed by atoms with Crippen LogP contribution < -0.4 is 10.1 Å². The molecule has 2 aromatic rings. The van der Waals surface area contributed by atoms with Crippen LogP contribution in [0.25, 0.3) is 0 Å². The van der Waals surface area contributed by atoms with Crippen molar-refractivity contribution in [2.75, 3.05) is 7.11 Å². The summed E-state index contributed by atoms with van der Waals surface area (Å²) in [6.07, 6.45) is 2.78. The number of methoxy groups -OCH3 is 1. The van der Waals surface area contributed by atoms with Crippen molar-refractivity contribution in [3.8, 4) is 5.19 Å². The Morgan fingerprint density at radius 1 is 1.48 bits per heavy atom. The molecule has 2 heterocycles. The van der Waals surface area contributed by atoms with Crippen molar-refractivity contribution in [3.63, 3.8) is 0 Å². The third-order valence-electron chi connectivity index (χ3n) is 4.07. The number of aryl methyl sites for hydroxylation is 1. The van der Waals surface area contributed by atoms with Gasteiger partial charge in [-0.15, -0.1) is 0 Å². The van der Waals surface area contributed by atoms with Crippen molar-refractivity contribution < 1.29 is 14.6 Å². The summed E-state index contributed by atoms with van der Waals surface area (Å²) in [7, 11) is 1.53. The van der Waals surface area contributed by atoms with Crippen LogP contribution in [0, 0.1) is 12.8 Å². The number of carbonyl (C=O) groups is 1. The number of ether oxygens (including phenoxy) is 1. The van der Waals surface area contributed by atoms with Gasteiger partial charge in [-0.3, -0.25) is 9.78 Å². The monoisotopic (exact) mass is 333 g/mol. The number of amides is 1. The Hall–Kier alpha value is -1.99. The number of hydrogen-bond donors (Lipinski definition) is 2. The van der Waals surface area contributed by atoms with Crippen LogP contribution in [0.1, 0.15) is 39.9 Å². The summed E-state index contributed by atoms with van der Waals surface area (Å²) >= 11 is 1.23. The fraction of sp³-hybridized carbons (Fsp3) is 0.438. The zero-order chi connectivity index (χ0) is 16.4. The lowest BCUT2D eigenvalue weighted by Crippen LogP contribution is -2.41. The highest BCUT2D eigenvalue weighted by Gasteiger charge is 2.36. The van der Waals surface area contributed by atoms with Crippen molar-refractivity contribution in [2.45, 2.75) is 31.9 Å². The van der Waals surface area contributed by atoms with Gasteiger partial charge < -0.3 is 15.2 Å². The van der Waals surface area contributed by atoms with Crippen molar-refractivity contribution in [1.29, 1.82) is 0 Å². The molecule has 0 aromatic carbocycles. The lowest BCUT2D eigenvalue weighted by Gasteiger charge is -2.37. The van der Waals surface area contributed by atoms with Gasteiger partial charge in [0.15, 0.2) is 0 Å². The number of aliphatic hydroxyl groups excluding tert-OH is 1. The first-order valence-corrected chi connectivity index (χ1v) is 8.31. The molecule has 0 saturated heterocycles. The van der Waals surface area contributed by atoms with Gasteiger partial charge in [0.1, 0.15) is 4.88 Å². The van der Waals surface area contributed by atoms with Crippen LogP contribution in [0.4, 0.5) is 0 Å². The molecular formula is C16H19N3O3S. The molecule has 1 aliphatic carbocycles. The van der Waals surface area contributed by atoms with Crippen LogP contribution in [0.15, 0.2) is 24.4 Å². The molecule has 0 spiro atoms.